The number of hydrogen-bond donors (Lipinski definition) is 1. The van der Waals surface area contributed by atoms with Crippen LogP contribution >= 0.6 is 0 Å². The van der Waals surface area contributed by atoms with Crippen molar-refractivity contribution in [2.24, 2.45) is 13.0 Å². The summed E-state index contributed by atoms with van der Waals surface area (Å²) in [4.78, 5) is 0. The van der Waals surface area contributed by atoms with E-state index in [4.69, 9.17) is 4.74 Å². The number of alkyl halides is 3. The molecular weight excluding hydrogens is 431 g/mol. The summed E-state index contributed by atoms with van der Waals surface area (Å²) >= 11 is 0. The van der Waals surface area contributed by atoms with Gasteiger partial charge in [-0.3, -0.25) is 9.40 Å². The number of fused-ring (bicyclic) bond motifs is 1. The molecule has 1 aromatic heterocycles. The molecule has 1 aliphatic rings. The molecule has 1 aliphatic heterocycles. The summed E-state index contributed by atoms with van der Waals surface area (Å²) in [7, 11) is -3.66. The van der Waals surface area contributed by atoms with E-state index in [1.807, 2.05) is 25.4 Å². The van der Waals surface area contributed by atoms with Gasteiger partial charge in [0.2, 0.25) is 0 Å². The van der Waals surface area contributed by atoms with Crippen LogP contribution in [0.3, 0.4) is 0 Å². The van der Waals surface area contributed by atoms with Gasteiger partial charge in [0.25, 0.3) is 0 Å². The van der Waals surface area contributed by atoms with Crippen molar-refractivity contribution in [3.8, 4) is 16.9 Å². The van der Waals surface area contributed by atoms with Crippen LogP contribution in [-0.2, 0) is 29.9 Å². The van der Waals surface area contributed by atoms with Crippen molar-refractivity contribution in [2.45, 2.75) is 18.3 Å². The lowest BCUT2D eigenvalue weighted by Crippen LogP contribution is -2.30. The number of nitrogens with one attached hydrogen (secondary N) is 1. The summed E-state index contributed by atoms with van der Waals surface area (Å²) in [5.74, 6) is 0.905. The average Bonchev–Trinajstić information content (AvgIpc) is 3.11. The highest BCUT2D eigenvalue weighted by molar-refractivity contribution is 7.93. The number of anilines is 1. The van der Waals surface area contributed by atoms with Crippen LogP contribution in [0, 0.1) is 5.92 Å². The average molecular weight is 451 g/mol. The molecule has 0 amide bonds. The Balaban J connectivity index is 1.57. The van der Waals surface area contributed by atoms with Crippen LogP contribution in [0.4, 0.5) is 18.9 Å². The van der Waals surface area contributed by atoms with Gasteiger partial charge >= 0.3 is 15.5 Å². The number of aryl methyl sites for hydroxylation is 1. The maximum Gasteiger partial charge on any atom is 0.516 e. The minimum atomic E-state index is -5.52. The molecule has 0 saturated carbocycles. The Morgan fingerprint density at radius 3 is 2.68 bits per heavy atom. The molecule has 1 atom stereocenters. The second-order valence-corrected chi connectivity index (χ2v) is 9.16. The summed E-state index contributed by atoms with van der Waals surface area (Å²) < 4.78 is 70.8. The first-order valence-electron chi connectivity index (χ1n) is 9.55. The van der Waals surface area contributed by atoms with Crippen molar-refractivity contribution < 1.29 is 26.3 Å². The Kier molecular flexibility index (Phi) is 5.42. The molecule has 0 spiro atoms. The molecule has 164 valence electrons. The summed E-state index contributed by atoms with van der Waals surface area (Å²) in [6.07, 6.45) is 3.46. The van der Waals surface area contributed by atoms with Gasteiger partial charge in [-0.1, -0.05) is 30.3 Å². The van der Waals surface area contributed by atoms with E-state index in [-0.39, 0.29) is 11.6 Å². The minimum absolute atomic E-state index is 0.149. The number of hydrogen-bond acceptors (Lipinski definition) is 4. The number of rotatable bonds is 5. The van der Waals surface area contributed by atoms with E-state index in [2.05, 4.69) is 5.10 Å². The van der Waals surface area contributed by atoms with Gasteiger partial charge in [0, 0.05) is 24.7 Å². The monoisotopic (exact) mass is 451 g/mol. The van der Waals surface area contributed by atoms with Crippen LogP contribution in [0.2, 0.25) is 0 Å². The van der Waals surface area contributed by atoms with Crippen molar-refractivity contribution in [1.82, 2.24) is 9.78 Å². The third-order valence-corrected chi connectivity index (χ3v) is 6.20. The first-order valence-corrected chi connectivity index (χ1v) is 11.0. The molecule has 0 aliphatic carbocycles. The summed E-state index contributed by atoms with van der Waals surface area (Å²) in [6.45, 7) is 0.495. The number of ether oxygens (including phenoxy) is 1. The third kappa shape index (κ3) is 4.53. The first-order chi connectivity index (χ1) is 14.6. The fourth-order valence-electron chi connectivity index (χ4n) is 3.63. The third-order valence-electron chi connectivity index (χ3n) is 5.10. The molecule has 0 fully saturated rings. The lowest BCUT2D eigenvalue weighted by Gasteiger charge is -2.25. The fraction of sp³-hybridized carbons (Fsp3) is 0.286. The van der Waals surface area contributed by atoms with Crippen molar-refractivity contribution in [2.75, 3.05) is 11.3 Å². The zero-order chi connectivity index (χ0) is 22.2. The molecule has 3 aromatic rings. The van der Waals surface area contributed by atoms with E-state index in [0.29, 0.717) is 23.5 Å². The predicted molar refractivity (Wildman–Crippen MR) is 110 cm³/mol. The second-order valence-electron chi connectivity index (χ2n) is 7.49. The Bertz CT molecular complexity index is 1210. The summed E-state index contributed by atoms with van der Waals surface area (Å²) in [5, 5.41) is 4.40. The highest BCUT2D eigenvalue weighted by atomic mass is 32.2. The van der Waals surface area contributed by atoms with Crippen molar-refractivity contribution >= 4 is 15.7 Å². The van der Waals surface area contributed by atoms with Gasteiger partial charge in [0.05, 0.1) is 18.0 Å². The minimum Gasteiger partial charge on any atom is -0.493 e. The molecular formula is C21H20F3N3O3S. The zero-order valence-corrected chi connectivity index (χ0v) is 17.4. The lowest BCUT2D eigenvalue weighted by atomic mass is 9.91. The van der Waals surface area contributed by atoms with E-state index in [0.717, 1.165) is 24.1 Å². The molecule has 0 bridgehead atoms. The SMILES string of the molecule is Cn1ccc(C[C@H]2COc3cc(-c4ccccc4NS(=O)(=O)C(F)(F)F)ccc3C2)n1. The molecule has 10 heteroatoms. The maximum absolute atomic E-state index is 12.8. The van der Waals surface area contributed by atoms with Crippen LogP contribution < -0.4 is 9.46 Å². The largest absolute Gasteiger partial charge is 0.516 e. The maximum atomic E-state index is 12.8. The predicted octanol–water partition coefficient (Wildman–Crippen LogP) is 4.14. The Morgan fingerprint density at radius 2 is 1.97 bits per heavy atom. The van der Waals surface area contributed by atoms with E-state index >= 15 is 0 Å². The molecule has 0 saturated heterocycles. The fourth-order valence-corrected chi connectivity index (χ4v) is 4.21. The van der Waals surface area contributed by atoms with Gasteiger partial charge in [0.15, 0.2) is 0 Å². The molecule has 2 heterocycles. The molecule has 6 nitrogen and oxygen atoms in total. The molecule has 1 N–H and O–H groups in total. The standard InChI is InChI=1S/C21H20F3N3O3S/c1-27-9-8-17(25-27)11-14-10-16-7-6-15(12-20(16)30-13-14)18-4-2-3-5-19(18)26-31(28,29)21(22,23)24/h2-9,12,14,26H,10-11,13H2,1H3/t14-/m0/s1. The Labute approximate surface area is 177 Å². The Morgan fingerprint density at radius 1 is 1.19 bits per heavy atom. The lowest BCUT2D eigenvalue weighted by molar-refractivity contribution is -0.0429. The molecule has 2 aromatic carbocycles. The van der Waals surface area contributed by atoms with Gasteiger partial charge in [-0.05, 0) is 42.2 Å². The smallest absolute Gasteiger partial charge is 0.493 e. The Hall–Kier alpha value is -3.01. The first kappa shape index (κ1) is 21.2. The summed E-state index contributed by atoms with van der Waals surface area (Å²) in [5.41, 5.74) is -2.68. The molecule has 4 rings (SSSR count). The van der Waals surface area contributed by atoms with E-state index in [9.17, 15) is 21.6 Å². The topological polar surface area (TPSA) is 73.2 Å². The van der Waals surface area contributed by atoms with E-state index in [1.165, 1.54) is 12.1 Å². The summed E-state index contributed by atoms with van der Waals surface area (Å²) in [6, 6.07) is 13.3. The number of halogens is 3. The van der Waals surface area contributed by atoms with Crippen LogP contribution in [0.15, 0.2) is 54.7 Å². The zero-order valence-electron chi connectivity index (χ0n) is 16.6. The molecule has 31 heavy (non-hydrogen) atoms. The van der Waals surface area contributed by atoms with Gasteiger partial charge in [0.1, 0.15) is 5.75 Å². The molecule has 0 unspecified atom stereocenters. The highest BCUT2D eigenvalue weighted by Gasteiger charge is 2.46. The number of benzene rings is 2. The second kappa shape index (κ2) is 7.92. The van der Waals surface area contributed by atoms with Crippen LogP contribution in [0.5, 0.6) is 5.75 Å². The number of para-hydroxylation sites is 1. The normalized spacial score (nSPS) is 16.5. The van der Waals surface area contributed by atoms with Crippen LogP contribution in [0.1, 0.15) is 11.3 Å². The molecule has 0 radical (unpaired) electrons. The van der Waals surface area contributed by atoms with Gasteiger partial charge in [-0.25, -0.2) is 0 Å². The number of aromatic nitrogens is 2. The van der Waals surface area contributed by atoms with Crippen LogP contribution in [0.25, 0.3) is 11.1 Å². The van der Waals surface area contributed by atoms with Crippen LogP contribution in [-0.4, -0.2) is 30.3 Å². The van der Waals surface area contributed by atoms with E-state index < -0.39 is 15.5 Å². The van der Waals surface area contributed by atoms with Crippen molar-refractivity contribution in [3.05, 3.63) is 66.0 Å². The van der Waals surface area contributed by atoms with E-state index in [1.54, 1.807) is 33.7 Å². The van der Waals surface area contributed by atoms with Crippen molar-refractivity contribution in [3.63, 3.8) is 0 Å². The quantitative estimate of drug-likeness (QED) is 0.633. The highest BCUT2D eigenvalue weighted by Crippen LogP contribution is 2.37. The number of sulfonamides is 1. The number of nitrogens with zero attached hydrogens (tertiary/aromatic N) is 2. The van der Waals surface area contributed by atoms with Gasteiger partial charge in [-0.2, -0.15) is 26.7 Å². The van der Waals surface area contributed by atoms with Crippen molar-refractivity contribution in [1.29, 1.82) is 0 Å². The van der Waals surface area contributed by atoms with Gasteiger partial charge in [-0.15, -0.1) is 0 Å². The van der Waals surface area contributed by atoms with Gasteiger partial charge < -0.3 is 4.74 Å².